The van der Waals surface area contributed by atoms with Gasteiger partial charge >= 0.3 is 0 Å². The maximum absolute atomic E-state index is 4.22. The lowest BCUT2D eigenvalue weighted by Crippen LogP contribution is -2.12. The van der Waals surface area contributed by atoms with Crippen molar-refractivity contribution < 1.29 is 0 Å². The van der Waals surface area contributed by atoms with Crippen molar-refractivity contribution >= 4 is 5.69 Å². The van der Waals surface area contributed by atoms with Gasteiger partial charge in [-0.05, 0) is 29.7 Å². The van der Waals surface area contributed by atoms with Crippen LogP contribution in [0.15, 0.2) is 42.7 Å². The van der Waals surface area contributed by atoms with Gasteiger partial charge in [-0.3, -0.25) is 4.68 Å². The molecule has 0 radical (unpaired) electrons. The van der Waals surface area contributed by atoms with Crippen molar-refractivity contribution in [2.75, 3.05) is 11.9 Å². The molecule has 2 aromatic rings. The zero-order chi connectivity index (χ0) is 13.5. The minimum atomic E-state index is 0.767. The maximum atomic E-state index is 4.22. The molecule has 0 atom stereocenters. The summed E-state index contributed by atoms with van der Waals surface area (Å²) >= 11 is 0. The van der Waals surface area contributed by atoms with Gasteiger partial charge < -0.3 is 5.32 Å². The van der Waals surface area contributed by atoms with E-state index in [1.165, 1.54) is 24.1 Å². The lowest BCUT2D eigenvalue weighted by Gasteiger charge is -2.14. The van der Waals surface area contributed by atoms with Gasteiger partial charge in [0.15, 0.2) is 0 Å². The minimum Gasteiger partial charge on any atom is -0.385 e. The van der Waals surface area contributed by atoms with E-state index in [2.05, 4.69) is 48.5 Å². The zero-order valence-electron chi connectivity index (χ0n) is 11.8. The number of benzene rings is 1. The standard InChI is InChI=1S/C16H23N3/c1-3-14(4-2)12-17-16-8-6-15(7-9-16)13-19-11-5-10-18-19/h5-11,14,17H,3-4,12-13H2,1-2H3. The average molecular weight is 257 g/mol. The van der Waals surface area contributed by atoms with Crippen LogP contribution in [0.5, 0.6) is 0 Å². The molecule has 0 aliphatic heterocycles. The van der Waals surface area contributed by atoms with Crippen LogP contribution < -0.4 is 5.32 Å². The second kappa shape index (κ2) is 6.98. The van der Waals surface area contributed by atoms with Crippen molar-refractivity contribution in [2.45, 2.75) is 33.2 Å². The van der Waals surface area contributed by atoms with Crippen LogP contribution in [0, 0.1) is 5.92 Å². The highest BCUT2D eigenvalue weighted by Gasteiger charge is 2.02. The third-order valence-electron chi connectivity index (χ3n) is 3.61. The Morgan fingerprint density at radius 1 is 1.16 bits per heavy atom. The molecule has 0 aliphatic rings. The van der Waals surface area contributed by atoms with E-state index in [0.29, 0.717) is 0 Å². The molecular weight excluding hydrogens is 234 g/mol. The average Bonchev–Trinajstić information content (AvgIpc) is 2.95. The van der Waals surface area contributed by atoms with Crippen molar-refractivity contribution in [3.63, 3.8) is 0 Å². The van der Waals surface area contributed by atoms with Crippen LogP contribution in [0.25, 0.3) is 0 Å². The molecule has 0 amide bonds. The van der Waals surface area contributed by atoms with Gasteiger partial charge in [0.05, 0.1) is 6.54 Å². The Morgan fingerprint density at radius 3 is 2.47 bits per heavy atom. The summed E-state index contributed by atoms with van der Waals surface area (Å²) < 4.78 is 1.94. The largest absolute Gasteiger partial charge is 0.385 e. The van der Waals surface area contributed by atoms with Crippen molar-refractivity contribution in [3.8, 4) is 0 Å². The normalized spacial score (nSPS) is 10.9. The number of nitrogens with zero attached hydrogens (tertiary/aromatic N) is 2. The Bertz CT molecular complexity index is 455. The zero-order valence-corrected chi connectivity index (χ0v) is 11.8. The third kappa shape index (κ3) is 4.12. The van der Waals surface area contributed by atoms with Crippen LogP contribution in [-0.4, -0.2) is 16.3 Å². The van der Waals surface area contributed by atoms with Crippen molar-refractivity contribution in [3.05, 3.63) is 48.3 Å². The summed E-state index contributed by atoms with van der Waals surface area (Å²) in [5.41, 5.74) is 2.48. The van der Waals surface area contributed by atoms with Crippen LogP contribution in [0.4, 0.5) is 5.69 Å². The summed E-state index contributed by atoms with van der Waals surface area (Å²) in [4.78, 5) is 0. The third-order valence-corrected chi connectivity index (χ3v) is 3.61. The van der Waals surface area contributed by atoms with Gasteiger partial charge in [-0.15, -0.1) is 0 Å². The van der Waals surface area contributed by atoms with Crippen LogP contribution in [-0.2, 0) is 6.54 Å². The second-order valence-corrected chi connectivity index (χ2v) is 4.96. The summed E-state index contributed by atoms with van der Waals surface area (Å²) in [5.74, 6) is 0.767. The molecule has 3 heteroatoms. The summed E-state index contributed by atoms with van der Waals surface area (Å²) in [6, 6.07) is 10.6. The van der Waals surface area contributed by atoms with E-state index in [0.717, 1.165) is 19.0 Å². The lowest BCUT2D eigenvalue weighted by molar-refractivity contribution is 0.519. The van der Waals surface area contributed by atoms with E-state index >= 15 is 0 Å². The van der Waals surface area contributed by atoms with Gasteiger partial charge in [-0.25, -0.2) is 0 Å². The Labute approximate surface area is 115 Å². The molecule has 1 aromatic heterocycles. The molecule has 1 N–H and O–H groups in total. The Kier molecular flexibility index (Phi) is 5.01. The molecule has 102 valence electrons. The number of aromatic nitrogens is 2. The van der Waals surface area contributed by atoms with E-state index in [4.69, 9.17) is 0 Å². The van der Waals surface area contributed by atoms with Crippen molar-refractivity contribution in [1.82, 2.24) is 9.78 Å². The molecule has 1 heterocycles. The highest BCUT2D eigenvalue weighted by molar-refractivity contribution is 5.44. The maximum Gasteiger partial charge on any atom is 0.0659 e. The number of hydrogen-bond acceptors (Lipinski definition) is 2. The summed E-state index contributed by atoms with van der Waals surface area (Å²) in [7, 11) is 0. The molecule has 0 saturated heterocycles. The monoisotopic (exact) mass is 257 g/mol. The summed E-state index contributed by atoms with van der Waals surface area (Å²) in [6.45, 7) is 6.40. The molecule has 19 heavy (non-hydrogen) atoms. The number of nitrogens with one attached hydrogen (secondary N) is 1. The molecule has 3 nitrogen and oxygen atoms in total. The lowest BCUT2D eigenvalue weighted by atomic mass is 10.0. The van der Waals surface area contributed by atoms with Crippen LogP contribution >= 0.6 is 0 Å². The van der Waals surface area contributed by atoms with Gasteiger partial charge in [-0.1, -0.05) is 38.8 Å². The summed E-state index contributed by atoms with van der Waals surface area (Å²) in [5, 5.41) is 7.73. The van der Waals surface area contributed by atoms with Gasteiger partial charge in [0, 0.05) is 24.6 Å². The second-order valence-electron chi connectivity index (χ2n) is 4.96. The predicted molar refractivity (Wildman–Crippen MR) is 80.3 cm³/mol. The fourth-order valence-electron chi connectivity index (χ4n) is 2.15. The number of anilines is 1. The fourth-order valence-corrected chi connectivity index (χ4v) is 2.15. The van der Waals surface area contributed by atoms with Crippen LogP contribution in [0.3, 0.4) is 0 Å². The molecule has 2 rings (SSSR count). The fraction of sp³-hybridized carbons (Fsp3) is 0.438. The smallest absolute Gasteiger partial charge is 0.0659 e. The van der Waals surface area contributed by atoms with Gasteiger partial charge in [-0.2, -0.15) is 5.10 Å². The van der Waals surface area contributed by atoms with E-state index in [1.54, 1.807) is 0 Å². The highest BCUT2D eigenvalue weighted by Crippen LogP contribution is 2.13. The molecule has 0 aliphatic carbocycles. The molecule has 0 fully saturated rings. The first kappa shape index (κ1) is 13.7. The van der Waals surface area contributed by atoms with E-state index < -0.39 is 0 Å². The van der Waals surface area contributed by atoms with Crippen LogP contribution in [0.2, 0.25) is 0 Å². The van der Waals surface area contributed by atoms with E-state index in [9.17, 15) is 0 Å². The molecular formula is C16H23N3. The number of hydrogen-bond donors (Lipinski definition) is 1. The first-order valence-corrected chi connectivity index (χ1v) is 7.12. The highest BCUT2D eigenvalue weighted by atomic mass is 15.3. The van der Waals surface area contributed by atoms with Crippen molar-refractivity contribution in [2.24, 2.45) is 5.92 Å². The minimum absolute atomic E-state index is 0.767. The molecule has 0 spiro atoms. The SMILES string of the molecule is CCC(CC)CNc1ccc(Cn2cccn2)cc1. The van der Waals surface area contributed by atoms with E-state index in [1.807, 2.05) is 23.1 Å². The molecule has 0 unspecified atom stereocenters. The molecule has 0 bridgehead atoms. The van der Waals surface area contributed by atoms with Gasteiger partial charge in [0.1, 0.15) is 0 Å². The quantitative estimate of drug-likeness (QED) is 0.818. The first-order valence-electron chi connectivity index (χ1n) is 7.12. The molecule has 0 saturated carbocycles. The Balaban J connectivity index is 1.87. The number of rotatable bonds is 7. The van der Waals surface area contributed by atoms with Crippen molar-refractivity contribution in [1.29, 1.82) is 0 Å². The Morgan fingerprint density at radius 2 is 1.89 bits per heavy atom. The predicted octanol–water partition coefficient (Wildman–Crippen LogP) is 3.78. The topological polar surface area (TPSA) is 29.9 Å². The first-order chi connectivity index (χ1) is 9.31. The van der Waals surface area contributed by atoms with Gasteiger partial charge in [0.2, 0.25) is 0 Å². The van der Waals surface area contributed by atoms with E-state index in [-0.39, 0.29) is 0 Å². The van der Waals surface area contributed by atoms with Crippen LogP contribution in [0.1, 0.15) is 32.3 Å². The molecule has 1 aromatic carbocycles. The summed E-state index contributed by atoms with van der Waals surface area (Å²) in [6.07, 6.45) is 6.27. The van der Waals surface area contributed by atoms with Gasteiger partial charge in [0.25, 0.3) is 0 Å². The Hall–Kier alpha value is -1.77.